The van der Waals surface area contributed by atoms with Crippen LogP contribution in [0.3, 0.4) is 0 Å². The molecule has 3 heterocycles. The Morgan fingerprint density at radius 1 is 1.24 bits per heavy atom. The molecule has 3 N–H and O–H groups in total. The third kappa shape index (κ3) is 3.05. The topological polar surface area (TPSA) is 82.8 Å². The molecular formula is C19H22N4O2. The van der Waals surface area contributed by atoms with E-state index in [1.807, 2.05) is 18.2 Å². The highest BCUT2D eigenvalue weighted by atomic mass is 16.5. The van der Waals surface area contributed by atoms with Crippen molar-refractivity contribution >= 4 is 22.6 Å². The van der Waals surface area contributed by atoms with E-state index in [2.05, 4.69) is 40.4 Å². The van der Waals surface area contributed by atoms with Gasteiger partial charge in [0, 0.05) is 41.8 Å². The first-order valence-corrected chi connectivity index (χ1v) is 8.65. The molecule has 25 heavy (non-hydrogen) atoms. The highest BCUT2D eigenvalue weighted by Gasteiger charge is 2.19. The summed E-state index contributed by atoms with van der Waals surface area (Å²) in [7, 11) is 0. The fourth-order valence-corrected chi connectivity index (χ4v) is 3.38. The van der Waals surface area contributed by atoms with E-state index in [0.717, 1.165) is 42.7 Å². The average Bonchev–Trinajstić information content (AvgIpc) is 3.26. The zero-order valence-corrected chi connectivity index (χ0v) is 14.5. The van der Waals surface area contributed by atoms with Crippen molar-refractivity contribution in [2.45, 2.75) is 32.6 Å². The number of hydrogen-bond acceptors (Lipinski definition) is 3. The monoisotopic (exact) mass is 338 g/mol. The number of hydrogen-bond donors (Lipinski definition) is 3. The van der Waals surface area contributed by atoms with E-state index in [0.29, 0.717) is 17.4 Å². The Hall–Kier alpha value is -2.60. The van der Waals surface area contributed by atoms with Crippen LogP contribution in [0.4, 0.5) is 5.82 Å². The molecule has 1 aromatic carbocycles. The van der Waals surface area contributed by atoms with Gasteiger partial charge < -0.3 is 15.0 Å². The second kappa shape index (κ2) is 6.37. The highest BCUT2D eigenvalue weighted by molar-refractivity contribution is 6.06. The van der Waals surface area contributed by atoms with E-state index in [1.165, 1.54) is 11.1 Å². The molecule has 0 unspecified atom stereocenters. The maximum atomic E-state index is 12.5. The molecule has 0 spiro atoms. The Kier molecular flexibility index (Phi) is 4.05. The second-order valence-corrected chi connectivity index (χ2v) is 6.70. The van der Waals surface area contributed by atoms with E-state index in [-0.39, 0.29) is 5.91 Å². The van der Waals surface area contributed by atoms with Crippen LogP contribution in [0, 0.1) is 13.8 Å². The minimum Gasteiger partial charge on any atom is -0.381 e. The number of amides is 1. The van der Waals surface area contributed by atoms with E-state index in [1.54, 1.807) is 0 Å². The summed E-state index contributed by atoms with van der Waals surface area (Å²) < 4.78 is 5.39. The third-order valence-electron chi connectivity index (χ3n) is 5.09. The molecule has 0 atom stereocenters. The van der Waals surface area contributed by atoms with Gasteiger partial charge in [-0.3, -0.25) is 9.89 Å². The number of nitrogens with one attached hydrogen (secondary N) is 3. The van der Waals surface area contributed by atoms with E-state index >= 15 is 0 Å². The van der Waals surface area contributed by atoms with Crippen LogP contribution in [0.5, 0.6) is 0 Å². The number of fused-ring (bicyclic) bond motifs is 1. The number of rotatable bonds is 3. The van der Waals surface area contributed by atoms with Gasteiger partial charge in [0.15, 0.2) is 5.82 Å². The van der Waals surface area contributed by atoms with Gasteiger partial charge in [-0.05, 0) is 49.9 Å². The third-order valence-corrected chi connectivity index (χ3v) is 5.09. The van der Waals surface area contributed by atoms with Crippen molar-refractivity contribution in [1.82, 2.24) is 15.2 Å². The van der Waals surface area contributed by atoms with Gasteiger partial charge in [-0.15, -0.1) is 0 Å². The van der Waals surface area contributed by atoms with E-state index in [9.17, 15) is 4.79 Å². The summed E-state index contributed by atoms with van der Waals surface area (Å²) in [6, 6.07) is 7.89. The number of H-pyrrole nitrogens is 2. The van der Waals surface area contributed by atoms with Crippen LogP contribution in [-0.4, -0.2) is 34.3 Å². The Balaban J connectivity index is 1.52. The smallest absolute Gasteiger partial charge is 0.273 e. The lowest BCUT2D eigenvalue weighted by Crippen LogP contribution is -2.14. The summed E-state index contributed by atoms with van der Waals surface area (Å²) >= 11 is 0. The lowest BCUT2D eigenvalue weighted by Gasteiger charge is -2.20. The van der Waals surface area contributed by atoms with Gasteiger partial charge in [0.05, 0.1) is 0 Å². The number of carbonyl (C=O) groups excluding carboxylic acids is 1. The number of anilines is 1. The van der Waals surface area contributed by atoms with Crippen molar-refractivity contribution in [2.24, 2.45) is 0 Å². The maximum Gasteiger partial charge on any atom is 0.273 e. The summed E-state index contributed by atoms with van der Waals surface area (Å²) in [5.41, 5.74) is 4.97. The van der Waals surface area contributed by atoms with Gasteiger partial charge in [0.25, 0.3) is 5.91 Å². The fraction of sp³-hybridized carbons (Fsp3) is 0.368. The van der Waals surface area contributed by atoms with Gasteiger partial charge >= 0.3 is 0 Å². The zero-order valence-electron chi connectivity index (χ0n) is 14.5. The number of carbonyl (C=O) groups is 1. The lowest BCUT2D eigenvalue weighted by atomic mass is 9.97. The number of ether oxygens (including phenoxy) is 1. The van der Waals surface area contributed by atoms with Crippen molar-refractivity contribution in [3.05, 3.63) is 46.8 Å². The summed E-state index contributed by atoms with van der Waals surface area (Å²) in [4.78, 5) is 15.7. The normalized spacial score (nSPS) is 15.6. The van der Waals surface area contributed by atoms with Gasteiger partial charge in [-0.2, -0.15) is 5.10 Å². The van der Waals surface area contributed by atoms with Crippen LogP contribution < -0.4 is 5.32 Å². The molecular weight excluding hydrogens is 316 g/mol. The summed E-state index contributed by atoms with van der Waals surface area (Å²) in [6.07, 6.45) is 1.96. The molecule has 6 nitrogen and oxygen atoms in total. The van der Waals surface area contributed by atoms with Crippen LogP contribution in [0.15, 0.2) is 24.3 Å². The molecule has 1 fully saturated rings. The first-order valence-electron chi connectivity index (χ1n) is 8.65. The number of aromatic nitrogens is 3. The first-order chi connectivity index (χ1) is 12.1. The molecule has 0 radical (unpaired) electrons. The molecule has 2 aromatic heterocycles. The molecule has 0 saturated carbocycles. The van der Waals surface area contributed by atoms with Crippen LogP contribution in [0.1, 0.15) is 46.1 Å². The minimum absolute atomic E-state index is 0.182. The molecule has 3 aromatic rings. The van der Waals surface area contributed by atoms with Crippen LogP contribution in [0.2, 0.25) is 0 Å². The zero-order chi connectivity index (χ0) is 17.4. The van der Waals surface area contributed by atoms with E-state index < -0.39 is 0 Å². The molecule has 4 rings (SSSR count). The molecule has 1 aliphatic heterocycles. The SMILES string of the molecule is Cc1ccc2[nH]c(C(=O)Nc3cc(C4CCOCC4)[nH]n3)cc2c1C. The van der Waals surface area contributed by atoms with Gasteiger partial charge in [0.1, 0.15) is 5.69 Å². The van der Waals surface area contributed by atoms with Crippen molar-refractivity contribution in [2.75, 3.05) is 18.5 Å². The predicted molar refractivity (Wildman–Crippen MR) is 97.1 cm³/mol. The van der Waals surface area contributed by atoms with Crippen LogP contribution in [-0.2, 0) is 4.74 Å². The van der Waals surface area contributed by atoms with Crippen LogP contribution in [0.25, 0.3) is 10.9 Å². The maximum absolute atomic E-state index is 12.5. The molecule has 130 valence electrons. The second-order valence-electron chi connectivity index (χ2n) is 6.70. The Labute approximate surface area is 146 Å². The van der Waals surface area contributed by atoms with Crippen molar-refractivity contribution in [3.8, 4) is 0 Å². The van der Waals surface area contributed by atoms with Gasteiger partial charge in [-0.25, -0.2) is 0 Å². The number of aryl methyl sites for hydroxylation is 2. The van der Waals surface area contributed by atoms with Crippen molar-refractivity contribution < 1.29 is 9.53 Å². The fourth-order valence-electron chi connectivity index (χ4n) is 3.38. The molecule has 1 saturated heterocycles. The highest BCUT2D eigenvalue weighted by Crippen LogP contribution is 2.27. The Morgan fingerprint density at radius 2 is 2.04 bits per heavy atom. The summed E-state index contributed by atoms with van der Waals surface area (Å²) in [5, 5.41) is 11.2. The number of aromatic amines is 2. The molecule has 1 aliphatic rings. The summed E-state index contributed by atoms with van der Waals surface area (Å²) in [6.45, 7) is 5.70. The number of benzene rings is 1. The largest absolute Gasteiger partial charge is 0.381 e. The first kappa shape index (κ1) is 15.9. The quantitative estimate of drug-likeness (QED) is 0.681. The molecule has 0 bridgehead atoms. The Bertz CT molecular complexity index is 919. The molecule has 6 heteroatoms. The minimum atomic E-state index is -0.182. The predicted octanol–water partition coefficient (Wildman–Crippen LogP) is 3.65. The summed E-state index contributed by atoms with van der Waals surface area (Å²) in [5.74, 6) is 0.793. The van der Waals surface area contributed by atoms with Crippen LogP contribution >= 0.6 is 0 Å². The molecule has 1 amide bonds. The van der Waals surface area contributed by atoms with Gasteiger partial charge in [0.2, 0.25) is 0 Å². The van der Waals surface area contributed by atoms with Crippen molar-refractivity contribution in [3.63, 3.8) is 0 Å². The average molecular weight is 338 g/mol. The van der Waals surface area contributed by atoms with Crippen molar-refractivity contribution in [1.29, 1.82) is 0 Å². The van der Waals surface area contributed by atoms with Gasteiger partial charge in [-0.1, -0.05) is 6.07 Å². The molecule has 0 aliphatic carbocycles. The Morgan fingerprint density at radius 3 is 2.84 bits per heavy atom. The van der Waals surface area contributed by atoms with E-state index in [4.69, 9.17) is 4.74 Å². The lowest BCUT2D eigenvalue weighted by molar-refractivity contribution is 0.0845. The standard InChI is InChI=1S/C19H22N4O2/c1-11-3-4-15-14(12(11)2)9-17(20-15)19(24)21-18-10-16(22-23-18)13-5-7-25-8-6-13/h3-4,9-10,13,20H,5-8H2,1-2H3,(H2,21,22,23,24). The number of nitrogens with zero attached hydrogens (tertiary/aromatic N) is 1.